The molecule has 2 fully saturated rings. The highest BCUT2D eigenvalue weighted by molar-refractivity contribution is 5.80. The van der Waals surface area contributed by atoms with Crippen LogP contribution in [0.3, 0.4) is 0 Å². The van der Waals surface area contributed by atoms with Gasteiger partial charge in [0, 0.05) is 37.0 Å². The molecule has 0 radical (unpaired) electrons. The maximum absolute atomic E-state index is 12.7. The molecule has 2 aliphatic rings. The van der Waals surface area contributed by atoms with Crippen molar-refractivity contribution in [3.8, 4) is 0 Å². The minimum absolute atomic E-state index is 0.157. The normalized spacial score (nSPS) is 20.6. The summed E-state index contributed by atoms with van der Waals surface area (Å²) in [5.74, 6) is 2.22. The molecule has 4 nitrogen and oxygen atoms in total. The number of rotatable bonds is 13. The molecule has 0 aliphatic carbocycles. The second-order valence-corrected chi connectivity index (χ2v) is 12.7. The standard InChI is InChI=1S/C29H57N3O/c1-22(2)28(33)9-14-29(21-30-23(3)4,19-26-10-15-31(16-11-26)24(5)6)20-27-12-17-32(18-13-27)25(7)8/h22-27,30H,9-21H2,1-8H3. The third kappa shape index (κ3) is 9.61. The zero-order chi connectivity index (χ0) is 24.6. The number of nitrogens with zero attached hydrogens (tertiary/aromatic N) is 2. The zero-order valence-electron chi connectivity index (χ0n) is 23.5. The largest absolute Gasteiger partial charge is 0.314 e. The van der Waals surface area contributed by atoms with Crippen LogP contribution in [-0.4, -0.2) is 66.4 Å². The fraction of sp³-hybridized carbons (Fsp3) is 0.966. The Morgan fingerprint density at radius 3 is 1.55 bits per heavy atom. The van der Waals surface area contributed by atoms with Crippen molar-refractivity contribution in [2.75, 3.05) is 32.7 Å². The van der Waals surface area contributed by atoms with Crippen molar-refractivity contribution in [1.82, 2.24) is 15.1 Å². The first kappa shape index (κ1) is 28.8. The zero-order valence-corrected chi connectivity index (χ0v) is 23.5. The lowest BCUT2D eigenvalue weighted by atomic mass is 9.66. The van der Waals surface area contributed by atoms with Crippen molar-refractivity contribution in [1.29, 1.82) is 0 Å². The Bertz CT molecular complexity index is 525. The maximum atomic E-state index is 12.7. The smallest absolute Gasteiger partial charge is 0.135 e. The summed E-state index contributed by atoms with van der Waals surface area (Å²) in [4.78, 5) is 18.0. The van der Waals surface area contributed by atoms with E-state index in [9.17, 15) is 4.79 Å². The van der Waals surface area contributed by atoms with Gasteiger partial charge in [-0.05, 0) is 116 Å². The van der Waals surface area contributed by atoms with Crippen LogP contribution in [-0.2, 0) is 4.79 Å². The van der Waals surface area contributed by atoms with E-state index in [1.54, 1.807) is 0 Å². The quantitative estimate of drug-likeness (QED) is 0.363. The first-order valence-electron chi connectivity index (χ1n) is 14.3. The predicted molar refractivity (Wildman–Crippen MR) is 143 cm³/mol. The van der Waals surface area contributed by atoms with Crippen molar-refractivity contribution in [3.05, 3.63) is 0 Å². The van der Waals surface area contributed by atoms with Gasteiger partial charge in [-0.25, -0.2) is 0 Å². The van der Waals surface area contributed by atoms with Crippen LogP contribution in [0.1, 0.15) is 107 Å². The van der Waals surface area contributed by atoms with Crippen LogP contribution in [0.2, 0.25) is 0 Å². The molecule has 4 heteroatoms. The van der Waals surface area contributed by atoms with Gasteiger partial charge < -0.3 is 15.1 Å². The molecule has 0 amide bonds. The van der Waals surface area contributed by atoms with E-state index >= 15 is 0 Å². The molecule has 1 N–H and O–H groups in total. The van der Waals surface area contributed by atoms with E-state index in [1.807, 2.05) is 0 Å². The highest BCUT2D eigenvalue weighted by atomic mass is 16.1. The summed E-state index contributed by atoms with van der Waals surface area (Å²) in [5, 5.41) is 3.84. The maximum Gasteiger partial charge on any atom is 0.135 e. The molecule has 0 unspecified atom stereocenters. The first-order valence-corrected chi connectivity index (χ1v) is 14.3. The molecule has 194 valence electrons. The molecule has 2 heterocycles. The molecule has 0 aromatic rings. The fourth-order valence-corrected chi connectivity index (χ4v) is 6.19. The molecule has 0 aromatic carbocycles. The van der Waals surface area contributed by atoms with Gasteiger partial charge >= 0.3 is 0 Å². The Morgan fingerprint density at radius 1 is 0.788 bits per heavy atom. The average Bonchev–Trinajstić information content (AvgIpc) is 2.76. The van der Waals surface area contributed by atoms with Gasteiger partial charge in [-0.1, -0.05) is 27.7 Å². The van der Waals surface area contributed by atoms with Crippen LogP contribution >= 0.6 is 0 Å². The summed E-state index contributed by atoms with van der Waals surface area (Å²) in [7, 11) is 0. The number of likely N-dealkylation sites (tertiary alicyclic amines) is 2. The van der Waals surface area contributed by atoms with Gasteiger partial charge in [-0.15, -0.1) is 0 Å². The Kier molecular flexibility index (Phi) is 11.9. The minimum Gasteiger partial charge on any atom is -0.314 e. The lowest BCUT2D eigenvalue weighted by molar-refractivity contribution is -0.122. The molecule has 33 heavy (non-hydrogen) atoms. The molecule has 2 saturated heterocycles. The number of piperidine rings is 2. The van der Waals surface area contributed by atoms with Gasteiger partial charge in [0.05, 0.1) is 0 Å². The lowest BCUT2D eigenvalue weighted by Crippen LogP contribution is -2.45. The third-order valence-electron chi connectivity index (χ3n) is 8.63. The topological polar surface area (TPSA) is 35.6 Å². The van der Waals surface area contributed by atoms with Crippen LogP contribution in [0.5, 0.6) is 0 Å². The summed E-state index contributed by atoms with van der Waals surface area (Å²) in [5.41, 5.74) is 0.254. The highest BCUT2D eigenvalue weighted by Gasteiger charge is 2.38. The van der Waals surface area contributed by atoms with E-state index in [0.717, 1.165) is 31.2 Å². The van der Waals surface area contributed by atoms with E-state index in [-0.39, 0.29) is 11.3 Å². The Hall–Kier alpha value is -0.450. The van der Waals surface area contributed by atoms with Crippen LogP contribution in [0.4, 0.5) is 0 Å². The van der Waals surface area contributed by atoms with E-state index in [0.29, 0.717) is 23.9 Å². The lowest BCUT2D eigenvalue weighted by Gasteiger charge is -2.45. The van der Waals surface area contributed by atoms with Crippen LogP contribution < -0.4 is 5.32 Å². The van der Waals surface area contributed by atoms with Crippen molar-refractivity contribution < 1.29 is 4.79 Å². The van der Waals surface area contributed by atoms with Gasteiger partial charge in [-0.3, -0.25) is 4.79 Å². The SMILES string of the molecule is CC(C)NCC(CCC(=O)C(C)C)(CC1CCN(C(C)C)CC1)CC1CCN(C(C)C)CC1. The monoisotopic (exact) mass is 463 g/mol. The first-order chi connectivity index (χ1) is 15.5. The number of carbonyl (C=O) groups is 1. The van der Waals surface area contributed by atoms with E-state index < -0.39 is 0 Å². The number of Topliss-reactive ketones (excluding diaryl/α,β-unsaturated/α-hetero) is 1. The Morgan fingerprint density at radius 2 is 1.21 bits per heavy atom. The van der Waals surface area contributed by atoms with Crippen LogP contribution in [0.15, 0.2) is 0 Å². The second kappa shape index (κ2) is 13.6. The highest BCUT2D eigenvalue weighted by Crippen LogP contribution is 2.43. The molecule has 0 spiro atoms. The van der Waals surface area contributed by atoms with Crippen LogP contribution in [0.25, 0.3) is 0 Å². The summed E-state index contributed by atoms with van der Waals surface area (Å²) in [6.07, 6.45) is 9.72. The van der Waals surface area contributed by atoms with Gasteiger partial charge in [0.25, 0.3) is 0 Å². The third-order valence-corrected chi connectivity index (χ3v) is 8.63. The number of nitrogens with one attached hydrogen (secondary N) is 1. The van der Waals surface area contributed by atoms with Crippen molar-refractivity contribution >= 4 is 5.78 Å². The molecule has 2 aliphatic heterocycles. The molecular weight excluding hydrogens is 406 g/mol. The summed E-state index contributed by atoms with van der Waals surface area (Å²) in [6.45, 7) is 24.1. The number of hydrogen-bond donors (Lipinski definition) is 1. The molecule has 0 aromatic heterocycles. The average molecular weight is 464 g/mol. The van der Waals surface area contributed by atoms with Gasteiger partial charge in [0.15, 0.2) is 0 Å². The molecule has 2 rings (SSSR count). The van der Waals surface area contributed by atoms with E-state index in [2.05, 4.69) is 70.5 Å². The van der Waals surface area contributed by atoms with E-state index in [4.69, 9.17) is 0 Å². The number of carbonyl (C=O) groups excluding carboxylic acids is 1. The van der Waals surface area contributed by atoms with Crippen LogP contribution in [0, 0.1) is 23.2 Å². The van der Waals surface area contributed by atoms with Gasteiger partial charge in [0.2, 0.25) is 0 Å². The van der Waals surface area contributed by atoms with Crippen molar-refractivity contribution in [2.24, 2.45) is 23.2 Å². The Balaban J connectivity index is 2.15. The fourth-order valence-electron chi connectivity index (χ4n) is 6.19. The second-order valence-electron chi connectivity index (χ2n) is 12.7. The van der Waals surface area contributed by atoms with Gasteiger partial charge in [0.1, 0.15) is 5.78 Å². The minimum atomic E-state index is 0.157. The molecular formula is C29H57N3O. The van der Waals surface area contributed by atoms with E-state index in [1.165, 1.54) is 64.7 Å². The predicted octanol–water partition coefficient (Wildman–Crippen LogP) is 6.00. The summed E-state index contributed by atoms with van der Waals surface area (Å²) in [6, 6.07) is 1.82. The molecule has 0 bridgehead atoms. The van der Waals surface area contributed by atoms with Gasteiger partial charge in [-0.2, -0.15) is 0 Å². The summed E-state index contributed by atoms with van der Waals surface area (Å²) < 4.78 is 0. The van der Waals surface area contributed by atoms with Crippen molar-refractivity contribution in [2.45, 2.75) is 125 Å². The summed E-state index contributed by atoms with van der Waals surface area (Å²) >= 11 is 0. The molecule has 0 saturated carbocycles. The Labute approximate surface area is 206 Å². The number of ketones is 1. The number of hydrogen-bond acceptors (Lipinski definition) is 4. The molecule has 0 atom stereocenters. The van der Waals surface area contributed by atoms with Crippen molar-refractivity contribution in [3.63, 3.8) is 0 Å².